The predicted molar refractivity (Wildman–Crippen MR) is 80.2 cm³/mol. The van der Waals surface area contributed by atoms with Crippen LogP contribution in [-0.4, -0.2) is 20.7 Å². The molecule has 0 aliphatic heterocycles. The number of hydrogen-bond acceptors (Lipinski definition) is 2. The molecule has 7 heteroatoms. The SMILES string of the molecule is CC(C)(C)[S@@](=O)N[C@](C#N)(CCc1ccccc1)C(F)(F)F. The second kappa shape index (κ2) is 6.80. The van der Waals surface area contributed by atoms with Crippen molar-refractivity contribution in [1.29, 1.82) is 5.26 Å². The van der Waals surface area contributed by atoms with Gasteiger partial charge in [0.1, 0.15) is 0 Å². The molecule has 0 fully saturated rings. The quantitative estimate of drug-likeness (QED) is 0.897. The number of aryl methyl sites for hydroxylation is 1. The molecule has 0 saturated carbocycles. The number of nitrogens with one attached hydrogen (secondary N) is 1. The Morgan fingerprint density at radius 3 is 2.14 bits per heavy atom. The minimum Gasteiger partial charge on any atom is -0.242 e. The van der Waals surface area contributed by atoms with E-state index in [-0.39, 0.29) is 6.42 Å². The summed E-state index contributed by atoms with van der Waals surface area (Å²) in [5, 5.41) is 9.14. The van der Waals surface area contributed by atoms with Crippen molar-refractivity contribution in [2.24, 2.45) is 0 Å². The highest BCUT2D eigenvalue weighted by Gasteiger charge is 2.56. The molecule has 1 rings (SSSR count). The Kier molecular flexibility index (Phi) is 5.76. The van der Waals surface area contributed by atoms with E-state index < -0.39 is 33.9 Å². The van der Waals surface area contributed by atoms with Gasteiger partial charge < -0.3 is 0 Å². The highest BCUT2D eigenvalue weighted by molar-refractivity contribution is 7.84. The predicted octanol–water partition coefficient (Wildman–Crippen LogP) is 3.50. The summed E-state index contributed by atoms with van der Waals surface area (Å²) in [6.45, 7) is 4.64. The number of halogens is 3. The van der Waals surface area contributed by atoms with Crippen LogP contribution < -0.4 is 4.72 Å². The van der Waals surface area contributed by atoms with Crippen molar-refractivity contribution in [3.05, 3.63) is 35.9 Å². The van der Waals surface area contributed by atoms with Gasteiger partial charge in [-0.25, -0.2) is 8.93 Å². The number of benzene rings is 1. The Morgan fingerprint density at radius 1 is 1.18 bits per heavy atom. The average molecular weight is 332 g/mol. The van der Waals surface area contributed by atoms with Crippen molar-refractivity contribution in [3.8, 4) is 6.07 Å². The molecule has 3 nitrogen and oxygen atoms in total. The van der Waals surface area contributed by atoms with E-state index in [1.165, 1.54) is 6.07 Å². The molecule has 1 aromatic rings. The summed E-state index contributed by atoms with van der Waals surface area (Å²) < 4.78 is 53.4. The number of nitriles is 1. The highest BCUT2D eigenvalue weighted by atomic mass is 32.2. The smallest absolute Gasteiger partial charge is 0.242 e. The van der Waals surface area contributed by atoms with Crippen molar-refractivity contribution >= 4 is 11.0 Å². The van der Waals surface area contributed by atoms with Crippen LogP contribution in [0.3, 0.4) is 0 Å². The summed E-state index contributed by atoms with van der Waals surface area (Å²) in [4.78, 5) is 0. The molecular weight excluding hydrogens is 313 g/mol. The lowest BCUT2D eigenvalue weighted by molar-refractivity contribution is -0.175. The van der Waals surface area contributed by atoms with Gasteiger partial charge in [-0.1, -0.05) is 30.3 Å². The van der Waals surface area contributed by atoms with Crippen LogP contribution in [0.5, 0.6) is 0 Å². The molecule has 0 saturated heterocycles. The van der Waals surface area contributed by atoms with Gasteiger partial charge in [-0.05, 0) is 39.2 Å². The average Bonchev–Trinajstić information content (AvgIpc) is 2.42. The largest absolute Gasteiger partial charge is 0.420 e. The second-order valence-corrected chi connectivity index (χ2v) is 7.95. The van der Waals surface area contributed by atoms with E-state index >= 15 is 0 Å². The minimum atomic E-state index is -4.82. The zero-order chi connectivity index (χ0) is 17.0. The van der Waals surface area contributed by atoms with Crippen LogP contribution in [-0.2, 0) is 17.4 Å². The van der Waals surface area contributed by atoms with Crippen LogP contribution in [0.4, 0.5) is 13.2 Å². The maximum absolute atomic E-state index is 13.4. The van der Waals surface area contributed by atoms with Crippen LogP contribution >= 0.6 is 0 Å². The Morgan fingerprint density at radius 2 is 1.73 bits per heavy atom. The summed E-state index contributed by atoms with van der Waals surface area (Å²) in [5.74, 6) is 0. The summed E-state index contributed by atoms with van der Waals surface area (Å²) in [6.07, 6.45) is -5.27. The van der Waals surface area contributed by atoms with Gasteiger partial charge in [0, 0.05) is 0 Å². The van der Waals surface area contributed by atoms with E-state index in [0.717, 1.165) is 0 Å². The molecule has 0 unspecified atom stereocenters. The molecule has 0 aliphatic carbocycles. The molecule has 1 aromatic carbocycles. The molecule has 0 amide bonds. The van der Waals surface area contributed by atoms with Gasteiger partial charge in [-0.15, -0.1) is 0 Å². The molecule has 0 aliphatic rings. The monoisotopic (exact) mass is 332 g/mol. The van der Waals surface area contributed by atoms with Crippen LogP contribution in [0.15, 0.2) is 30.3 Å². The van der Waals surface area contributed by atoms with Crippen molar-refractivity contribution in [1.82, 2.24) is 4.72 Å². The molecule has 0 spiro atoms. The van der Waals surface area contributed by atoms with Gasteiger partial charge in [0.05, 0.1) is 21.8 Å². The first-order valence-electron chi connectivity index (χ1n) is 6.73. The number of hydrogen-bond donors (Lipinski definition) is 1. The zero-order valence-corrected chi connectivity index (χ0v) is 13.5. The lowest BCUT2D eigenvalue weighted by Gasteiger charge is -2.32. The van der Waals surface area contributed by atoms with E-state index in [1.54, 1.807) is 51.1 Å². The number of rotatable bonds is 5. The summed E-state index contributed by atoms with van der Waals surface area (Å²) in [6, 6.07) is 9.89. The zero-order valence-electron chi connectivity index (χ0n) is 12.7. The Balaban J connectivity index is 3.02. The number of alkyl halides is 3. The summed E-state index contributed by atoms with van der Waals surface area (Å²) >= 11 is 0. The molecule has 22 heavy (non-hydrogen) atoms. The first-order chi connectivity index (χ1) is 10.0. The molecule has 0 heterocycles. The molecule has 0 radical (unpaired) electrons. The lowest BCUT2D eigenvalue weighted by atomic mass is 9.93. The van der Waals surface area contributed by atoms with Crippen molar-refractivity contribution in [2.75, 3.05) is 0 Å². The van der Waals surface area contributed by atoms with Gasteiger partial charge in [0.2, 0.25) is 5.54 Å². The Labute approximate surface area is 131 Å². The van der Waals surface area contributed by atoms with Gasteiger partial charge in [0.15, 0.2) is 0 Å². The Bertz CT molecular complexity index is 561. The third-order valence-corrected chi connectivity index (χ3v) is 4.78. The minimum absolute atomic E-state index is 0.0578. The lowest BCUT2D eigenvalue weighted by Crippen LogP contribution is -2.58. The second-order valence-electron chi connectivity index (χ2n) is 5.98. The van der Waals surface area contributed by atoms with E-state index in [9.17, 15) is 17.4 Å². The number of nitrogens with zero attached hydrogens (tertiary/aromatic N) is 1. The molecule has 0 aromatic heterocycles. The first kappa shape index (κ1) is 18.7. The van der Waals surface area contributed by atoms with Crippen LogP contribution in [0.1, 0.15) is 32.8 Å². The first-order valence-corrected chi connectivity index (χ1v) is 7.88. The van der Waals surface area contributed by atoms with Crippen molar-refractivity contribution < 1.29 is 17.4 Å². The van der Waals surface area contributed by atoms with Crippen molar-refractivity contribution in [2.45, 2.75) is 50.1 Å². The van der Waals surface area contributed by atoms with Crippen molar-refractivity contribution in [3.63, 3.8) is 0 Å². The summed E-state index contributed by atoms with van der Waals surface area (Å²) in [7, 11) is -2.00. The molecule has 122 valence electrons. The van der Waals surface area contributed by atoms with Crippen LogP contribution in [0.25, 0.3) is 0 Å². The summed E-state index contributed by atoms with van der Waals surface area (Å²) in [5.41, 5.74) is -2.14. The molecule has 2 atom stereocenters. The third-order valence-electron chi connectivity index (χ3n) is 3.13. The van der Waals surface area contributed by atoms with E-state index in [1.807, 2.05) is 4.72 Å². The van der Waals surface area contributed by atoms with Crippen LogP contribution in [0.2, 0.25) is 0 Å². The maximum atomic E-state index is 13.4. The molecule has 0 bridgehead atoms. The van der Waals surface area contributed by atoms with E-state index in [4.69, 9.17) is 5.26 Å². The standard InChI is InChI=1S/C15H19F3N2OS/c1-13(2,3)22(21)20-14(11-19,15(16,17)18)10-9-12-7-5-4-6-8-12/h4-8,20H,9-10H2,1-3H3/t14-,22+/m0/s1. The van der Waals surface area contributed by atoms with Crippen LogP contribution in [0, 0.1) is 11.3 Å². The van der Waals surface area contributed by atoms with Gasteiger partial charge in [0.25, 0.3) is 0 Å². The molecule has 1 N–H and O–H groups in total. The Hall–Kier alpha value is -1.39. The van der Waals surface area contributed by atoms with Gasteiger partial charge in [-0.2, -0.15) is 18.4 Å². The fourth-order valence-electron chi connectivity index (χ4n) is 1.68. The molecular formula is C15H19F3N2OS. The van der Waals surface area contributed by atoms with E-state index in [0.29, 0.717) is 5.56 Å². The maximum Gasteiger partial charge on any atom is 0.420 e. The highest BCUT2D eigenvalue weighted by Crippen LogP contribution is 2.35. The topological polar surface area (TPSA) is 52.9 Å². The van der Waals surface area contributed by atoms with Gasteiger partial charge >= 0.3 is 6.18 Å². The normalized spacial score (nSPS) is 16.6. The fourth-order valence-corrected chi connectivity index (χ4v) is 2.57. The van der Waals surface area contributed by atoms with Gasteiger partial charge in [-0.3, -0.25) is 0 Å². The van der Waals surface area contributed by atoms with E-state index in [2.05, 4.69) is 0 Å². The third kappa shape index (κ3) is 4.55. The fraction of sp³-hybridized carbons (Fsp3) is 0.533.